The average molecular weight is 1680 g/mol. The first kappa shape index (κ1) is 86.1. The molecular formula is C89H82Cl5N17O7. The number of aromatic nitrogens is 9. The molecule has 0 aliphatic carbocycles. The van der Waals surface area contributed by atoms with Gasteiger partial charge in [0, 0.05) is 141 Å². The number of nitrogens with one attached hydrogen (secondary N) is 6. The number of rotatable bonds is 22. The van der Waals surface area contributed by atoms with E-state index in [1.54, 1.807) is 147 Å². The zero-order valence-electron chi connectivity index (χ0n) is 65.1. The molecule has 0 radical (unpaired) electrons. The number of hydrogen-bond donors (Lipinski definition) is 6. The fourth-order valence-electron chi connectivity index (χ4n) is 11.8. The van der Waals surface area contributed by atoms with Crippen molar-refractivity contribution in [1.82, 2.24) is 54.2 Å². The third-order valence-electron chi connectivity index (χ3n) is 17.9. The molecule has 8 aromatic heterocycles. The summed E-state index contributed by atoms with van der Waals surface area (Å²) in [7, 11) is 3.30. The zero-order valence-corrected chi connectivity index (χ0v) is 68.9. The lowest BCUT2D eigenvalue weighted by Gasteiger charge is -2.26. The molecule has 600 valence electrons. The third kappa shape index (κ3) is 24.2. The molecule has 14 rings (SSSR count). The molecule has 0 atom stereocenters. The highest BCUT2D eigenvalue weighted by Crippen LogP contribution is 2.35. The average Bonchev–Trinajstić information content (AvgIpc) is 1.00. The largest absolute Gasteiger partial charge is 0.378 e. The number of aryl methyl sites for hydroxylation is 3. The van der Waals surface area contributed by atoms with E-state index in [-0.39, 0.29) is 46.0 Å². The van der Waals surface area contributed by atoms with Crippen LogP contribution in [0.15, 0.2) is 250 Å². The van der Waals surface area contributed by atoms with Crippen LogP contribution in [0, 0.1) is 19.8 Å². The minimum atomic E-state index is -0.386. The summed E-state index contributed by atoms with van der Waals surface area (Å²) in [4.78, 5) is 113. The van der Waals surface area contributed by atoms with E-state index < -0.39 is 0 Å². The predicted molar refractivity (Wildman–Crippen MR) is 468 cm³/mol. The molecule has 5 aromatic carbocycles. The Bertz CT molecular complexity index is 5640. The summed E-state index contributed by atoms with van der Waals surface area (Å²) in [5, 5.41) is 20.5. The van der Waals surface area contributed by atoms with Crippen LogP contribution in [0.3, 0.4) is 0 Å². The first-order chi connectivity index (χ1) is 57.0. The number of carbonyl (C=O) groups excluding carboxylic acids is 6. The summed E-state index contributed by atoms with van der Waals surface area (Å²) in [6.07, 6.45) is 14.6. The highest BCUT2D eigenvalue weighted by atomic mass is 35.5. The smallest absolute Gasteiger partial charge is 0.272 e. The van der Waals surface area contributed by atoms with Crippen LogP contribution in [0.5, 0.6) is 0 Å². The maximum atomic E-state index is 12.8. The summed E-state index contributed by atoms with van der Waals surface area (Å²) in [6, 6.07) is 58.3. The normalized spacial score (nSPS) is 11.4. The summed E-state index contributed by atoms with van der Waals surface area (Å²) < 4.78 is 7.29. The van der Waals surface area contributed by atoms with Gasteiger partial charge in [0.15, 0.2) is 0 Å². The minimum absolute atomic E-state index is 0.164. The topological polar surface area (TPSA) is 298 Å². The van der Waals surface area contributed by atoms with Crippen molar-refractivity contribution in [3.8, 4) is 45.0 Å². The molecule has 6 amide bonds. The number of ether oxygens (including phenoxy) is 1. The van der Waals surface area contributed by atoms with Crippen LogP contribution in [0.4, 0.5) is 34.4 Å². The van der Waals surface area contributed by atoms with Gasteiger partial charge in [-0.1, -0.05) is 96.1 Å². The van der Waals surface area contributed by atoms with Gasteiger partial charge in [0.25, 0.3) is 35.4 Å². The zero-order chi connectivity index (χ0) is 83.6. The lowest BCUT2D eigenvalue weighted by atomic mass is 10.1. The molecule has 24 nitrogen and oxygen atoms in total. The fourth-order valence-corrected chi connectivity index (χ4v) is 12.9. The second-order valence-electron chi connectivity index (χ2n) is 27.2. The molecule has 1 saturated heterocycles. The van der Waals surface area contributed by atoms with Gasteiger partial charge in [0.2, 0.25) is 0 Å². The van der Waals surface area contributed by atoms with E-state index in [2.05, 4.69) is 85.6 Å². The second kappa shape index (κ2) is 42.2. The van der Waals surface area contributed by atoms with E-state index in [9.17, 15) is 28.8 Å². The number of nitrogens with zero attached hydrogens (tertiary/aromatic N) is 11. The van der Waals surface area contributed by atoms with Crippen molar-refractivity contribution in [2.75, 3.05) is 85.4 Å². The Kier molecular flexibility index (Phi) is 30.8. The van der Waals surface area contributed by atoms with Gasteiger partial charge in [-0.2, -0.15) is 0 Å². The van der Waals surface area contributed by atoms with Gasteiger partial charge >= 0.3 is 0 Å². The summed E-state index contributed by atoms with van der Waals surface area (Å²) in [6.45, 7) is 12.5. The Morgan fingerprint density at radius 1 is 0.458 bits per heavy atom. The van der Waals surface area contributed by atoms with Crippen molar-refractivity contribution in [2.24, 2.45) is 5.92 Å². The number of morpholine rings is 1. The number of amides is 6. The Morgan fingerprint density at radius 2 is 0.881 bits per heavy atom. The van der Waals surface area contributed by atoms with Crippen molar-refractivity contribution >= 4 is 128 Å². The van der Waals surface area contributed by atoms with Gasteiger partial charge in [-0.15, -0.1) is 0 Å². The van der Waals surface area contributed by atoms with Crippen molar-refractivity contribution in [2.45, 2.75) is 40.7 Å². The van der Waals surface area contributed by atoms with Crippen molar-refractivity contribution < 1.29 is 33.5 Å². The predicted octanol–water partition coefficient (Wildman–Crippen LogP) is 19.0. The molecule has 118 heavy (non-hydrogen) atoms. The fraction of sp³-hybridized carbons (Fsp3) is 0.169. The Labute approximate surface area is 707 Å². The second-order valence-corrected chi connectivity index (χ2v) is 29.2. The molecule has 0 bridgehead atoms. The molecule has 0 unspecified atom stereocenters. The standard InChI is InChI=1S/C24H23ClN6O.C22H19ClN4O3.C22H23ClN4O.C21H17Cl2N3O2/c1-17-19(7-9-23(29-17)28-11-4-13-31-14-12-26-16-31)24(32)30-18-6-8-21(25)20(15-18)22-5-2-3-10-27-22;23-18-6-5-16(13-17(18)19-3-1-2-8-24-19)26-21(28)15-4-7-20(25-14-15)22(29)27-9-11-30-12-10-27;1-14(2)13-25-21-10-8-17(15(3)26-21)22(28)27-16-7-9-19(23)18(12-16)20-6-4-5-11-24-20;1-26(2)21(28)13-6-8-15(18(23)11-13)20(27)25-14-7-9-17(22)16(12-14)19-5-3-4-10-24-19/h2-3,5-10,12,14-16H,4,11,13H2,1H3,(H,28,29)(H,30,32);1-8,13-14H,9-12H2,(H,26,28);4-12,14H,13H2,1-3H3,(H,25,26)(H,27,28);3-12H,1-2H3,(H,25,27). The molecule has 9 heterocycles. The molecule has 13 aromatic rings. The minimum Gasteiger partial charge on any atom is -0.378 e. The molecular weight excluding hydrogens is 1600 g/mol. The van der Waals surface area contributed by atoms with E-state index in [1.165, 1.54) is 23.2 Å². The van der Waals surface area contributed by atoms with Crippen LogP contribution in [0.1, 0.15) is 93.9 Å². The van der Waals surface area contributed by atoms with Crippen LogP contribution in [-0.4, -0.2) is 143 Å². The first-order valence-corrected chi connectivity index (χ1v) is 39.2. The van der Waals surface area contributed by atoms with Gasteiger partial charge in [-0.05, 0) is 202 Å². The van der Waals surface area contributed by atoms with E-state index in [0.29, 0.717) is 131 Å². The lowest BCUT2D eigenvalue weighted by molar-refractivity contribution is 0.0299. The van der Waals surface area contributed by atoms with E-state index in [1.807, 2.05) is 122 Å². The van der Waals surface area contributed by atoms with Gasteiger partial charge in [-0.25, -0.2) is 15.0 Å². The van der Waals surface area contributed by atoms with Gasteiger partial charge in [0.1, 0.15) is 17.3 Å². The van der Waals surface area contributed by atoms with Crippen molar-refractivity contribution in [3.63, 3.8) is 0 Å². The number of anilines is 6. The van der Waals surface area contributed by atoms with Crippen LogP contribution >= 0.6 is 58.0 Å². The highest BCUT2D eigenvalue weighted by molar-refractivity contribution is 6.36. The van der Waals surface area contributed by atoms with Crippen LogP contribution in [0.2, 0.25) is 25.1 Å². The van der Waals surface area contributed by atoms with Gasteiger partial charge in [0.05, 0.1) is 101 Å². The molecule has 0 saturated carbocycles. The molecule has 1 aliphatic heterocycles. The summed E-state index contributed by atoms with van der Waals surface area (Å²) in [5.74, 6) is 0.522. The van der Waals surface area contributed by atoms with Crippen molar-refractivity contribution in [3.05, 3.63) is 320 Å². The quantitative estimate of drug-likeness (QED) is 0.0344. The van der Waals surface area contributed by atoms with Crippen LogP contribution in [0.25, 0.3) is 45.0 Å². The number of hydrogen-bond acceptors (Lipinski definition) is 17. The van der Waals surface area contributed by atoms with Crippen LogP contribution in [-0.2, 0) is 11.3 Å². The van der Waals surface area contributed by atoms with E-state index >= 15 is 0 Å². The molecule has 0 spiro atoms. The maximum Gasteiger partial charge on any atom is 0.272 e. The summed E-state index contributed by atoms with van der Waals surface area (Å²) >= 11 is 31.4. The Hall–Kier alpha value is -12.8. The monoisotopic (exact) mass is 1680 g/mol. The Balaban J connectivity index is 0.000000155. The third-order valence-corrected chi connectivity index (χ3v) is 19.5. The molecule has 1 aliphatic rings. The number of halogens is 5. The Morgan fingerprint density at radius 3 is 1.26 bits per heavy atom. The number of carbonyl (C=O) groups is 6. The number of benzene rings is 5. The number of imidazole rings is 1. The first-order valence-electron chi connectivity index (χ1n) is 37.3. The van der Waals surface area contributed by atoms with E-state index in [4.69, 9.17) is 62.7 Å². The molecule has 29 heteroatoms. The maximum absolute atomic E-state index is 12.8. The van der Waals surface area contributed by atoms with Gasteiger partial charge in [-0.3, -0.25) is 53.7 Å². The molecule has 1 fully saturated rings. The lowest BCUT2D eigenvalue weighted by Crippen LogP contribution is -2.41. The number of pyridine rings is 7. The van der Waals surface area contributed by atoms with Gasteiger partial charge < -0.3 is 51.0 Å². The SMILES string of the molecule is CN(C)C(=O)c1ccc(C(=O)Nc2ccc(Cl)c(-c3ccccn3)c2)c(Cl)c1.Cc1nc(NCC(C)C)ccc1C(=O)Nc1ccc(Cl)c(-c2ccccn2)c1.Cc1nc(NCCCn2ccnc2)ccc1C(=O)Nc1ccc(Cl)c(-c2ccccn2)c1.O=C(Nc1ccc(Cl)c(-c2ccccn2)c1)c1ccc(C(=O)N2CCOCC2)nc1. The summed E-state index contributed by atoms with van der Waals surface area (Å²) in [5.41, 5.74) is 12.0. The highest BCUT2D eigenvalue weighted by Gasteiger charge is 2.23. The van der Waals surface area contributed by atoms with Crippen molar-refractivity contribution in [1.29, 1.82) is 0 Å². The molecule has 6 N–H and O–H groups in total. The van der Waals surface area contributed by atoms with Crippen LogP contribution < -0.4 is 31.9 Å². The van der Waals surface area contributed by atoms with E-state index in [0.717, 1.165) is 65.8 Å².